The molecule has 9 nitrogen and oxygen atoms in total. The molecule has 0 unspecified atom stereocenters. The predicted molar refractivity (Wildman–Crippen MR) is 145 cm³/mol. The summed E-state index contributed by atoms with van der Waals surface area (Å²) in [6, 6.07) is 21.0. The van der Waals surface area contributed by atoms with E-state index in [0.29, 0.717) is 5.75 Å². The largest absolute Gasteiger partial charge is 0.497 e. The number of carbonyl (C=O) groups excluding carboxylic acids is 2. The average molecular weight is 535 g/mol. The van der Waals surface area contributed by atoms with Crippen LogP contribution in [0.25, 0.3) is 0 Å². The topological polar surface area (TPSA) is 114 Å². The molecule has 0 aliphatic carbocycles. The number of carbonyl (C=O) groups is 3. The Bertz CT molecular complexity index is 1230. The summed E-state index contributed by atoms with van der Waals surface area (Å²) in [5, 5.41) is 11.0. The summed E-state index contributed by atoms with van der Waals surface area (Å²) < 4.78 is 16.1. The third-order valence-electron chi connectivity index (χ3n) is 6.11. The SMILES string of the molecule is CCOC(=O)[C@H](Cc1ccccc1)N(N[C@@H](Cc1ccc(OC)cc1C)C(=O)O)C(=O)OCc1ccccc1. The van der Waals surface area contributed by atoms with Gasteiger partial charge in [-0.15, -0.1) is 0 Å². The quantitative estimate of drug-likeness (QED) is 0.246. The first-order valence-corrected chi connectivity index (χ1v) is 12.6. The summed E-state index contributed by atoms with van der Waals surface area (Å²) >= 11 is 0. The van der Waals surface area contributed by atoms with Crippen LogP contribution in [0, 0.1) is 6.92 Å². The van der Waals surface area contributed by atoms with Crippen molar-refractivity contribution in [1.82, 2.24) is 10.4 Å². The molecular weight excluding hydrogens is 500 g/mol. The number of esters is 1. The van der Waals surface area contributed by atoms with Crippen LogP contribution >= 0.6 is 0 Å². The van der Waals surface area contributed by atoms with Crippen LogP contribution < -0.4 is 10.2 Å². The minimum Gasteiger partial charge on any atom is -0.497 e. The van der Waals surface area contributed by atoms with Gasteiger partial charge in [0.2, 0.25) is 0 Å². The maximum Gasteiger partial charge on any atom is 0.425 e. The number of aryl methyl sites for hydroxylation is 1. The maximum atomic E-state index is 13.4. The van der Waals surface area contributed by atoms with Crippen molar-refractivity contribution in [2.24, 2.45) is 0 Å². The summed E-state index contributed by atoms with van der Waals surface area (Å²) in [6.07, 6.45) is -0.777. The number of carboxylic acids is 1. The minimum absolute atomic E-state index is 0.0362. The molecule has 9 heteroatoms. The fraction of sp³-hybridized carbons (Fsp3) is 0.300. The van der Waals surface area contributed by atoms with E-state index in [9.17, 15) is 19.5 Å². The Kier molecular flexibility index (Phi) is 10.9. The van der Waals surface area contributed by atoms with E-state index in [4.69, 9.17) is 14.2 Å². The number of hydrogen-bond donors (Lipinski definition) is 2. The molecule has 0 saturated heterocycles. The molecule has 0 spiro atoms. The van der Waals surface area contributed by atoms with Crippen LogP contribution in [0.4, 0.5) is 4.79 Å². The van der Waals surface area contributed by atoms with E-state index in [0.717, 1.165) is 27.3 Å². The number of nitrogens with one attached hydrogen (secondary N) is 1. The Morgan fingerprint density at radius 3 is 2.10 bits per heavy atom. The molecule has 0 radical (unpaired) electrons. The van der Waals surface area contributed by atoms with Gasteiger partial charge in [0.25, 0.3) is 0 Å². The van der Waals surface area contributed by atoms with Gasteiger partial charge < -0.3 is 19.3 Å². The second-order valence-electron chi connectivity index (χ2n) is 8.88. The zero-order chi connectivity index (χ0) is 28.2. The molecule has 0 fully saturated rings. The number of rotatable bonds is 13. The average Bonchev–Trinajstić information content (AvgIpc) is 2.94. The van der Waals surface area contributed by atoms with Crippen molar-refractivity contribution in [3.8, 4) is 5.75 Å². The van der Waals surface area contributed by atoms with Crippen LogP contribution in [0.15, 0.2) is 78.9 Å². The first-order chi connectivity index (χ1) is 18.8. The molecule has 3 rings (SSSR count). The molecule has 0 aliphatic heterocycles. The number of nitrogens with zero attached hydrogens (tertiary/aromatic N) is 1. The highest BCUT2D eigenvalue weighted by Crippen LogP contribution is 2.19. The van der Waals surface area contributed by atoms with Crippen LogP contribution in [0.5, 0.6) is 5.75 Å². The highest BCUT2D eigenvalue weighted by atomic mass is 16.6. The van der Waals surface area contributed by atoms with E-state index < -0.39 is 30.1 Å². The van der Waals surface area contributed by atoms with Gasteiger partial charge in [-0.3, -0.25) is 4.79 Å². The summed E-state index contributed by atoms with van der Waals surface area (Å²) in [7, 11) is 1.55. The van der Waals surface area contributed by atoms with Gasteiger partial charge in [-0.2, -0.15) is 0 Å². The number of carboxylic acid groups (broad SMARTS) is 1. The fourth-order valence-electron chi connectivity index (χ4n) is 4.01. The van der Waals surface area contributed by atoms with Crippen molar-refractivity contribution in [2.75, 3.05) is 13.7 Å². The molecule has 3 aromatic rings. The lowest BCUT2D eigenvalue weighted by atomic mass is 10.0. The second-order valence-corrected chi connectivity index (χ2v) is 8.88. The lowest BCUT2D eigenvalue weighted by molar-refractivity contribution is -0.152. The van der Waals surface area contributed by atoms with Crippen molar-refractivity contribution in [1.29, 1.82) is 0 Å². The van der Waals surface area contributed by atoms with Crippen molar-refractivity contribution in [3.63, 3.8) is 0 Å². The van der Waals surface area contributed by atoms with Crippen LogP contribution in [0.1, 0.15) is 29.2 Å². The molecule has 1 amide bonds. The zero-order valence-corrected chi connectivity index (χ0v) is 22.3. The normalized spacial score (nSPS) is 12.2. The smallest absolute Gasteiger partial charge is 0.425 e. The third kappa shape index (κ3) is 8.58. The Hall–Kier alpha value is -4.37. The fourth-order valence-corrected chi connectivity index (χ4v) is 4.01. The van der Waals surface area contributed by atoms with E-state index in [-0.39, 0.29) is 26.1 Å². The zero-order valence-electron chi connectivity index (χ0n) is 22.3. The highest BCUT2D eigenvalue weighted by molar-refractivity contribution is 5.82. The number of hydrogen-bond acceptors (Lipinski definition) is 7. The molecule has 0 aliphatic rings. The second kappa shape index (κ2) is 14.5. The summed E-state index contributed by atoms with van der Waals surface area (Å²) in [5.74, 6) is -1.24. The lowest BCUT2D eigenvalue weighted by Crippen LogP contribution is -2.59. The van der Waals surface area contributed by atoms with Crippen LogP contribution in [0.2, 0.25) is 0 Å². The molecule has 3 aromatic carbocycles. The Morgan fingerprint density at radius 2 is 1.54 bits per heavy atom. The van der Waals surface area contributed by atoms with Gasteiger partial charge in [-0.25, -0.2) is 20.0 Å². The number of methoxy groups -OCH3 is 1. The molecule has 39 heavy (non-hydrogen) atoms. The van der Waals surface area contributed by atoms with Gasteiger partial charge in [0.1, 0.15) is 18.4 Å². The van der Waals surface area contributed by atoms with E-state index in [1.807, 2.05) is 55.5 Å². The van der Waals surface area contributed by atoms with E-state index in [1.54, 1.807) is 44.4 Å². The van der Waals surface area contributed by atoms with Crippen molar-refractivity contribution in [3.05, 3.63) is 101 Å². The highest BCUT2D eigenvalue weighted by Gasteiger charge is 2.36. The van der Waals surface area contributed by atoms with Gasteiger partial charge in [-0.1, -0.05) is 66.7 Å². The Morgan fingerprint density at radius 1 is 0.897 bits per heavy atom. The van der Waals surface area contributed by atoms with Crippen molar-refractivity contribution in [2.45, 2.75) is 45.4 Å². The number of amides is 1. The number of aliphatic carboxylic acids is 1. The molecule has 0 bridgehead atoms. The van der Waals surface area contributed by atoms with E-state index in [2.05, 4.69) is 5.43 Å². The van der Waals surface area contributed by atoms with Crippen LogP contribution in [-0.4, -0.2) is 53.9 Å². The number of ether oxygens (including phenoxy) is 3. The lowest BCUT2D eigenvalue weighted by Gasteiger charge is -2.32. The van der Waals surface area contributed by atoms with E-state index >= 15 is 0 Å². The number of hydrazine groups is 1. The minimum atomic E-state index is -1.26. The van der Waals surface area contributed by atoms with Crippen LogP contribution in [0.3, 0.4) is 0 Å². The molecular formula is C30H34N2O7. The standard InChI is InChI=1S/C30H34N2O7/c1-4-38-29(35)27(18-22-11-7-5-8-12-22)32(30(36)39-20-23-13-9-6-10-14-23)31-26(28(33)34)19-24-15-16-25(37-3)17-21(24)2/h5-17,26-27,31H,4,18-20H2,1-3H3,(H,33,34)/t26-,27-/m0/s1. The Labute approximate surface area is 228 Å². The molecule has 0 heterocycles. The van der Waals surface area contributed by atoms with Crippen molar-refractivity contribution < 1.29 is 33.7 Å². The predicted octanol–water partition coefficient (Wildman–Crippen LogP) is 4.32. The van der Waals surface area contributed by atoms with Crippen molar-refractivity contribution >= 4 is 18.0 Å². The van der Waals surface area contributed by atoms with Gasteiger partial charge in [0.05, 0.1) is 13.7 Å². The first kappa shape index (κ1) is 29.2. The molecule has 0 aromatic heterocycles. The van der Waals surface area contributed by atoms with Gasteiger partial charge in [0, 0.05) is 12.8 Å². The molecule has 0 saturated carbocycles. The van der Waals surface area contributed by atoms with Crippen LogP contribution in [-0.2, 0) is 38.5 Å². The summed E-state index contributed by atoms with van der Waals surface area (Å²) in [6.45, 7) is 3.54. The maximum absolute atomic E-state index is 13.4. The van der Waals surface area contributed by atoms with E-state index in [1.165, 1.54) is 0 Å². The first-order valence-electron chi connectivity index (χ1n) is 12.6. The van der Waals surface area contributed by atoms with Gasteiger partial charge in [-0.05, 0) is 48.2 Å². The molecule has 2 N–H and O–H groups in total. The summed E-state index contributed by atoms with van der Waals surface area (Å²) in [4.78, 5) is 38.9. The molecule has 2 atom stereocenters. The summed E-state index contributed by atoms with van der Waals surface area (Å²) in [5.41, 5.74) is 5.85. The number of benzene rings is 3. The Balaban J connectivity index is 1.93. The van der Waals surface area contributed by atoms with Gasteiger partial charge in [0.15, 0.2) is 6.04 Å². The van der Waals surface area contributed by atoms with Gasteiger partial charge >= 0.3 is 18.0 Å². The third-order valence-corrected chi connectivity index (χ3v) is 6.11. The monoisotopic (exact) mass is 534 g/mol. The molecule has 206 valence electrons.